The second-order valence-electron chi connectivity index (χ2n) is 6.22. The van der Waals surface area contributed by atoms with Gasteiger partial charge in [0.1, 0.15) is 18.1 Å². The Hall–Kier alpha value is -2.00. The minimum atomic E-state index is 0.317. The van der Waals surface area contributed by atoms with Gasteiger partial charge in [-0.15, -0.1) is 0 Å². The third-order valence-electron chi connectivity index (χ3n) is 4.50. The molecule has 0 saturated heterocycles. The summed E-state index contributed by atoms with van der Waals surface area (Å²) in [5, 5.41) is 9.36. The van der Waals surface area contributed by atoms with Crippen LogP contribution in [0.15, 0.2) is 48.5 Å². The van der Waals surface area contributed by atoms with Gasteiger partial charge in [-0.25, -0.2) is 0 Å². The molecule has 2 aromatic rings. The van der Waals surface area contributed by atoms with E-state index in [1.165, 1.54) is 11.1 Å². The number of benzene rings is 2. The van der Waals surface area contributed by atoms with Gasteiger partial charge in [0.15, 0.2) is 0 Å². The monoisotopic (exact) mass is 327 g/mol. The lowest BCUT2D eigenvalue weighted by Gasteiger charge is -2.18. The summed E-state index contributed by atoms with van der Waals surface area (Å²) in [4.78, 5) is 2.36. The maximum atomic E-state index is 9.36. The second-order valence-corrected chi connectivity index (χ2v) is 6.22. The van der Waals surface area contributed by atoms with E-state index in [4.69, 9.17) is 4.74 Å². The number of ether oxygens (including phenoxy) is 1. The Bertz CT molecular complexity index is 588. The SMILES string of the molecule is CCN(CC)CCOc1ccc(C(C)Cc2ccc(O)cc2)cc1. The van der Waals surface area contributed by atoms with Crippen LogP contribution in [0.2, 0.25) is 0 Å². The van der Waals surface area contributed by atoms with Gasteiger partial charge < -0.3 is 14.7 Å². The van der Waals surface area contributed by atoms with Gasteiger partial charge in [-0.1, -0.05) is 45.0 Å². The Balaban J connectivity index is 1.85. The summed E-state index contributed by atoms with van der Waals surface area (Å²) in [6.07, 6.45) is 0.961. The standard InChI is InChI=1S/C21H29NO2/c1-4-22(5-2)14-15-24-21-12-8-19(9-13-21)17(3)16-18-6-10-20(23)11-7-18/h6-13,17,23H,4-5,14-16H2,1-3H3. The molecule has 1 N–H and O–H groups in total. The van der Waals surface area contributed by atoms with Crippen LogP contribution in [0.4, 0.5) is 0 Å². The molecule has 0 bridgehead atoms. The van der Waals surface area contributed by atoms with Crippen molar-refractivity contribution in [3.05, 3.63) is 59.7 Å². The molecule has 0 aliphatic carbocycles. The summed E-state index contributed by atoms with van der Waals surface area (Å²) in [6, 6.07) is 15.9. The third-order valence-corrected chi connectivity index (χ3v) is 4.50. The van der Waals surface area contributed by atoms with Gasteiger partial charge >= 0.3 is 0 Å². The highest BCUT2D eigenvalue weighted by Crippen LogP contribution is 2.23. The molecule has 0 aliphatic rings. The molecule has 130 valence electrons. The van der Waals surface area contributed by atoms with E-state index >= 15 is 0 Å². The van der Waals surface area contributed by atoms with E-state index in [0.717, 1.165) is 38.4 Å². The molecule has 0 aromatic heterocycles. The number of phenols is 1. The van der Waals surface area contributed by atoms with E-state index in [2.05, 4.69) is 49.9 Å². The van der Waals surface area contributed by atoms with Gasteiger partial charge in [0.25, 0.3) is 0 Å². The van der Waals surface area contributed by atoms with Gasteiger partial charge in [0.2, 0.25) is 0 Å². The van der Waals surface area contributed by atoms with Crippen LogP contribution in [0.25, 0.3) is 0 Å². The van der Waals surface area contributed by atoms with Gasteiger partial charge in [0, 0.05) is 6.54 Å². The van der Waals surface area contributed by atoms with Crippen LogP contribution in [0.5, 0.6) is 11.5 Å². The molecule has 2 rings (SSSR count). The van der Waals surface area contributed by atoms with Crippen LogP contribution >= 0.6 is 0 Å². The van der Waals surface area contributed by atoms with E-state index in [-0.39, 0.29) is 0 Å². The Kier molecular flexibility index (Phi) is 7.13. The van der Waals surface area contributed by atoms with Gasteiger partial charge in [-0.2, -0.15) is 0 Å². The summed E-state index contributed by atoms with van der Waals surface area (Å²) >= 11 is 0. The van der Waals surface area contributed by atoms with Crippen molar-refractivity contribution in [3.63, 3.8) is 0 Å². The molecule has 0 spiro atoms. The zero-order valence-electron chi connectivity index (χ0n) is 15.0. The quantitative estimate of drug-likeness (QED) is 0.738. The Morgan fingerprint density at radius 2 is 1.58 bits per heavy atom. The molecule has 0 radical (unpaired) electrons. The highest BCUT2D eigenvalue weighted by atomic mass is 16.5. The average molecular weight is 327 g/mol. The third kappa shape index (κ3) is 5.57. The molecular formula is C21H29NO2. The van der Waals surface area contributed by atoms with Crippen LogP contribution in [-0.4, -0.2) is 36.2 Å². The normalized spacial score (nSPS) is 12.3. The van der Waals surface area contributed by atoms with Crippen LogP contribution in [0, 0.1) is 0 Å². The Labute approximate surface area is 145 Å². The highest BCUT2D eigenvalue weighted by molar-refractivity contribution is 5.32. The molecule has 0 heterocycles. The summed E-state index contributed by atoms with van der Waals surface area (Å²) in [5.74, 6) is 1.68. The van der Waals surface area contributed by atoms with Crippen molar-refractivity contribution < 1.29 is 9.84 Å². The molecule has 0 amide bonds. The molecule has 24 heavy (non-hydrogen) atoms. The van der Waals surface area contributed by atoms with Crippen LogP contribution in [0.3, 0.4) is 0 Å². The number of hydrogen-bond acceptors (Lipinski definition) is 3. The first kappa shape index (κ1) is 18.3. The van der Waals surface area contributed by atoms with Crippen molar-refractivity contribution in [1.29, 1.82) is 0 Å². The first-order valence-electron chi connectivity index (χ1n) is 8.85. The van der Waals surface area contributed by atoms with Crippen molar-refractivity contribution in [2.24, 2.45) is 0 Å². The van der Waals surface area contributed by atoms with E-state index in [1.807, 2.05) is 12.1 Å². The number of hydrogen-bond donors (Lipinski definition) is 1. The summed E-state index contributed by atoms with van der Waals surface area (Å²) in [7, 11) is 0. The van der Waals surface area contributed by atoms with Crippen molar-refractivity contribution in [3.8, 4) is 11.5 Å². The highest BCUT2D eigenvalue weighted by Gasteiger charge is 2.07. The first-order valence-corrected chi connectivity index (χ1v) is 8.85. The number of phenolic OH excluding ortho intramolecular Hbond substituents is 1. The smallest absolute Gasteiger partial charge is 0.119 e. The molecule has 0 fully saturated rings. The lowest BCUT2D eigenvalue weighted by Crippen LogP contribution is -2.27. The van der Waals surface area contributed by atoms with Crippen molar-refractivity contribution in [1.82, 2.24) is 4.90 Å². The van der Waals surface area contributed by atoms with Gasteiger partial charge in [0.05, 0.1) is 0 Å². The number of likely N-dealkylation sites (N-methyl/N-ethyl adjacent to an activating group) is 1. The molecule has 1 unspecified atom stereocenters. The number of aromatic hydroxyl groups is 1. The lowest BCUT2D eigenvalue weighted by atomic mass is 9.94. The van der Waals surface area contributed by atoms with Crippen LogP contribution < -0.4 is 4.74 Å². The van der Waals surface area contributed by atoms with Crippen LogP contribution in [-0.2, 0) is 6.42 Å². The van der Waals surface area contributed by atoms with Crippen LogP contribution in [0.1, 0.15) is 37.8 Å². The maximum absolute atomic E-state index is 9.36. The molecule has 3 heteroatoms. The summed E-state index contributed by atoms with van der Waals surface area (Å²) in [6.45, 7) is 10.4. The predicted molar refractivity (Wildman–Crippen MR) is 100.0 cm³/mol. The van der Waals surface area contributed by atoms with Crippen molar-refractivity contribution in [2.45, 2.75) is 33.1 Å². The van der Waals surface area contributed by atoms with Crippen molar-refractivity contribution in [2.75, 3.05) is 26.2 Å². The first-order chi connectivity index (χ1) is 11.6. The maximum Gasteiger partial charge on any atom is 0.119 e. The molecule has 3 nitrogen and oxygen atoms in total. The number of rotatable bonds is 9. The van der Waals surface area contributed by atoms with E-state index in [1.54, 1.807) is 12.1 Å². The van der Waals surface area contributed by atoms with Gasteiger partial charge in [-0.05, 0) is 60.8 Å². The molecule has 1 atom stereocenters. The molecule has 0 aliphatic heterocycles. The number of nitrogens with zero attached hydrogens (tertiary/aromatic N) is 1. The zero-order valence-corrected chi connectivity index (χ0v) is 15.0. The summed E-state index contributed by atoms with van der Waals surface area (Å²) in [5.41, 5.74) is 2.54. The van der Waals surface area contributed by atoms with E-state index in [0.29, 0.717) is 11.7 Å². The average Bonchev–Trinajstić information content (AvgIpc) is 2.61. The zero-order chi connectivity index (χ0) is 17.4. The Morgan fingerprint density at radius 3 is 2.17 bits per heavy atom. The van der Waals surface area contributed by atoms with E-state index in [9.17, 15) is 5.11 Å². The fourth-order valence-electron chi connectivity index (χ4n) is 2.83. The summed E-state index contributed by atoms with van der Waals surface area (Å²) < 4.78 is 5.84. The fraction of sp³-hybridized carbons (Fsp3) is 0.429. The fourth-order valence-corrected chi connectivity index (χ4v) is 2.83. The van der Waals surface area contributed by atoms with Gasteiger partial charge in [-0.3, -0.25) is 0 Å². The van der Waals surface area contributed by atoms with E-state index < -0.39 is 0 Å². The molecule has 2 aromatic carbocycles. The predicted octanol–water partition coefficient (Wildman–Crippen LogP) is 4.46. The molecule has 0 saturated carbocycles. The Morgan fingerprint density at radius 1 is 0.958 bits per heavy atom. The molecular weight excluding hydrogens is 298 g/mol. The topological polar surface area (TPSA) is 32.7 Å². The minimum absolute atomic E-state index is 0.317. The van der Waals surface area contributed by atoms with Crippen molar-refractivity contribution >= 4 is 0 Å². The second kappa shape index (κ2) is 9.33. The lowest BCUT2D eigenvalue weighted by molar-refractivity contribution is 0.223. The minimum Gasteiger partial charge on any atom is -0.508 e. The largest absolute Gasteiger partial charge is 0.508 e.